The molecule has 0 bridgehead atoms. The van der Waals surface area contributed by atoms with E-state index in [1.165, 1.54) is 0 Å². The van der Waals surface area contributed by atoms with Crippen molar-refractivity contribution in [2.45, 2.75) is 56.2 Å². The fraction of sp³-hybridized carbons (Fsp3) is 1.00. The SMILES string of the molecule is OCCC1CC(O)C(O)[C@]2(CCCCO2)O1. The molecular weight excluding hydrogens is 212 g/mol. The molecule has 0 saturated carbocycles. The molecule has 2 fully saturated rings. The number of rotatable bonds is 2. The summed E-state index contributed by atoms with van der Waals surface area (Å²) in [4.78, 5) is 0. The van der Waals surface area contributed by atoms with Crippen molar-refractivity contribution in [3.63, 3.8) is 0 Å². The van der Waals surface area contributed by atoms with Gasteiger partial charge in [0, 0.05) is 19.4 Å². The average Bonchev–Trinajstić information content (AvgIpc) is 2.28. The Hall–Kier alpha value is -0.200. The number of aliphatic hydroxyl groups is 3. The minimum absolute atomic E-state index is 0.0174. The maximum Gasteiger partial charge on any atom is 0.197 e. The van der Waals surface area contributed by atoms with Gasteiger partial charge in [-0.2, -0.15) is 0 Å². The van der Waals surface area contributed by atoms with Gasteiger partial charge in [-0.25, -0.2) is 0 Å². The Morgan fingerprint density at radius 3 is 2.69 bits per heavy atom. The molecule has 0 aliphatic carbocycles. The highest BCUT2D eigenvalue weighted by atomic mass is 16.7. The normalized spacial score (nSPS) is 44.8. The van der Waals surface area contributed by atoms with E-state index in [0.717, 1.165) is 12.8 Å². The van der Waals surface area contributed by atoms with Crippen molar-refractivity contribution < 1.29 is 24.8 Å². The lowest BCUT2D eigenvalue weighted by molar-refractivity contribution is -0.352. The summed E-state index contributed by atoms with van der Waals surface area (Å²) >= 11 is 0. The summed E-state index contributed by atoms with van der Waals surface area (Å²) < 4.78 is 11.3. The van der Waals surface area contributed by atoms with E-state index in [1.54, 1.807) is 0 Å². The predicted octanol–water partition coefficient (Wildman–Crippen LogP) is -0.224. The van der Waals surface area contributed by atoms with Crippen LogP contribution in [0.3, 0.4) is 0 Å². The molecule has 2 saturated heterocycles. The molecule has 3 unspecified atom stereocenters. The summed E-state index contributed by atoms with van der Waals surface area (Å²) in [6.07, 6.45) is 1.26. The monoisotopic (exact) mass is 232 g/mol. The van der Waals surface area contributed by atoms with Crippen LogP contribution in [-0.2, 0) is 9.47 Å². The average molecular weight is 232 g/mol. The van der Waals surface area contributed by atoms with Crippen molar-refractivity contribution in [2.24, 2.45) is 0 Å². The molecule has 2 heterocycles. The topological polar surface area (TPSA) is 79.2 Å². The van der Waals surface area contributed by atoms with Crippen LogP contribution in [0.5, 0.6) is 0 Å². The second-order valence-corrected chi connectivity index (χ2v) is 4.62. The zero-order valence-electron chi connectivity index (χ0n) is 9.34. The quantitative estimate of drug-likeness (QED) is 0.613. The third-order valence-corrected chi connectivity index (χ3v) is 3.40. The molecule has 0 radical (unpaired) electrons. The van der Waals surface area contributed by atoms with Crippen molar-refractivity contribution in [1.29, 1.82) is 0 Å². The Morgan fingerprint density at radius 1 is 1.25 bits per heavy atom. The Kier molecular flexibility index (Phi) is 3.81. The zero-order chi connectivity index (χ0) is 11.6. The zero-order valence-corrected chi connectivity index (χ0v) is 9.34. The molecule has 94 valence electrons. The van der Waals surface area contributed by atoms with Gasteiger partial charge in [0.1, 0.15) is 6.10 Å². The molecular formula is C11H20O5. The summed E-state index contributed by atoms with van der Waals surface area (Å²) in [5, 5.41) is 28.7. The van der Waals surface area contributed by atoms with Crippen molar-refractivity contribution in [2.75, 3.05) is 13.2 Å². The molecule has 0 amide bonds. The van der Waals surface area contributed by atoms with Gasteiger partial charge in [0.15, 0.2) is 5.79 Å². The van der Waals surface area contributed by atoms with Gasteiger partial charge >= 0.3 is 0 Å². The third-order valence-electron chi connectivity index (χ3n) is 3.40. The lowest BCUT2D eigenvalue weighted by atomic mass is 9.89. The second-order valence-electron chi connectivity index (χ2n) is 4.62. The Bertz CT molecular complexity index is 226. The van der Waals surface area contributed by atoms with E-state index in [-0.39, 0.29) is 12.7 Å². The first-order chi connectivity index (χ1) is 7.68. The summed E-state index contributed by atoms with van der Waals surface area (Å²) in [6, 6.07) is 0. The summed E-state index contributed by atoms with van der Waals surface area (Å²) in [6.45, 7) is 0.569. The highest BCUT2D eigenvalue weighted by Crippen LogP contribution is 2.38. The van der Waals surface area contributed by atoms with Crippen LogP contribution in [0.2, 0.25) is 0 Å². The molecule has 2 aliphatic heterocycles. The Labute approximate surface area is 95.0 Å². The first kappa shape index (κ1) is 12.3. The van der Waals surface area contributed by atoms with Gasteiger partial charge in [-0.3, -0.25) is 0 Å². The van der Waals surface area contributed by atoms with Crippen molar-refractivity contribution in [1.82, 2.24) is 0 Å². The van der Waals surface area contributed by atoms with Crippen molar-refractivity contribution in [3.8, 4) is 0 Å². The van der Waals surface area contributed by atoms with Gasteiger partial charge in [-0.15, -0.1) is 0 Å². The van der Waals surface area contributed by atoms with Crippen molar-refractivity contribution in [3.05, 3.63) is 0 Å². The molecule has 0 aromatic rings. The maximum absolute atomic E-state index is 9.98. The fourth-order valence-corrected chi connectivity index (χ4v) is 2.53. The van der Waals surface area contributed by atoms with Gasteiger partial charge in [0.2, 0.25) is 0 Å². The van der Waals surface area contributed by atoms with E-state index < -0.39 is 18.0 Å². The third kappa shape index (κ3) is 2.24. The van der Waals surface area contributed by atoms with Crippen molar-refractivity contribution >= 4 is 0 Å². The molecule has 3 N–H and O–H groups in total. The molecule has 5 nitrogen and oxygen atoms in total. The van der Waals surface area contributed by atoms with Crippen LogP contribution >= 0.6 is 0 Å². The standard InChI is InChI=1S/C11H20O5/c12-5-3-8-7-9(13)10(14)11(16-8)4-1-2-6-15-11/h8-10,12-14H,1-7H2/t8?,9?,10?,11-/m0/s1. The lowest BCUT2D eigenvalue weighted by Crippen LogP contribution is -2.60. The molecule has 2 rings (SSSR count). The molecule has 4 atom stereocenters. The van der Waals surface area contributed by atoms with Crippen LogP contribution in [0.1, 0.15) is 32.1 Å². The lowest BCUT2D eigenvalue weighted by Gasteiger charge is -2.48. The van der Waals surface area contributed by atoms with Crippen LogP contribution in [-0.4, -0.2) is 52.6 Å². The fourth-order valence-electron chi connectivity index (χ4n) is 2.53. The van der Waals surface area contributed by atoms with E-state index in [0.29, 0.717) is 25.9 Å². The molecule has 0 aromatic carbocycles. The Balaban J connectivity index is 2.08. The molecule has 2 aliphatic rings. The largest absolute Gasteiger partial charge is 0.396 e. The van der Waals surface area contributed by atoms with Crippen LogP contribution in [0.4, 0.5) is 0 Å². The summed E-state index contributed by atoms with van der Waals surface area (Å²) in [5.41, 5.74) is 0. The minimum Gasteiger partial charge on any atom is -0.396 e. The van der Waals surface area contributed by atoms with E-state index in [9.17, 15) is 10.2 Å². The Morgan fingerprint density at radius 2 is 2.06 bits per heavy atom. The van der Waals surface area contributed by atoms with Crippen LogP contribution in [0.15, 0.2) is 0 Å². The second kappa shape index (κ2) is 4.98. The van der Waals surface area contributed by atoms with E-state index in [2.05, 4.69) is 0 Å². The molecule has 5 heteroatoms. The first-order valence-electron chi connectivity index (χ1n) is 5.97. The van der Waals surface area contributed by atoms with E-state index in [4.69, 9.17) is 14.6 Å². The van der Waals surface area contributed by atoms with E-state index in [1.807, 2.05) is 0 Å². The number of ether oxygens (including phenoxy) is 2. The van der Waals surface area contributed by atoms with Crippen LogP contribution in [0.25, 0.3) is 0 Å². The van der Waals surface area contributed by atoms with Gasteiger partial charge < -0.3 is 24.8 Å². The highest BCUT2D eigenvalue weighted by Gasteiger charge is 2.50. The van der Waals surface area contributed by atoms with Gasteiger partial charge in [-0.1, -0.05) is 0 Å². The van der Waals surface area contributed by atoms with Gasteiger partial charge in [0.25, 0.3) is 0 Å². The van der Waals surface area contributed by atoms with Crippen LogP contribution < -0.4 is 0 Å². The van der Waals surface area contributed by atoms with Crippen LogP contribution in [0, 0.1) is 0 Å². The number of hydrogen-bond acceptors (Lipinski definition) is 5. The first-order valence-corrected chi connectivity index (χ1v) is 5.97. The molecule has 1 spiro atoms. The van der Waals surface area contributed by atoms with Gasteiger partial charge in [0.05, 0.1) is 18.8 Å². The highest BCUT2D eigenvalue weighted by molar-refractivity contribution is 4.93. The number of hydrogen-bond donors (Lipinski definition) is 3. The molecule has 16 heavy (non-hydrogen) atoms. The number of aliphatic hydroxyl groups excluding tert-OH is 3. The maximum atomic E-state index is 9.98. The molecule has 0 aromatic heterocycles. The summed E-state index contributed by atoms with van der Waals surface area (Å²) in [5.74, 6) is -1.05. The minimum atomic E-state index is -1.05. The smallest absolute Gasteiger partial charge is 0.197 e. The summed E-state index contributed by atoms with van der Waals surface area (Å²) in [7, 11) is 0. The predicted molar refractivity (Wildman–Crippen MR) is 55.7 cm³/mol. The van der Waals surface area contributed by atoms with Gasteiger partial charge in [-0.05, 0) is 19.3 Å². The van der Waals surface area contributed by atoms with E-state index >= 15 is 0 Å².